The highest BCUT2D eigenvalue weighted by molar-refractivity contribution is 5.12. The van der Waals surface area contributed by atoms with Crippen LogP contribution in [-0.4, -0.2) is 45.7 Å². The first kappa shape index (κ1) is 12.4. The third kappa shape index (κ3) is 3.00. The smallest absolute Gasteiger partial charge is 0.125 e. The second kappa shape index (κ2) is 5.53. The summed E-state index contributed by atoms with van der Waals surface area (Å²) in [4.78, 5) is 10.7. The molecule has 1 aromatic heterocycles. The first-order chi connectivity index (χ1) is 8.20. The number of aromatic nitrogens is 2. The van der Waals surface area contributed by atoms with E-state index in [-0.39, 0.29) is 12.1 Å². The Morgan fingerprint density at radius 2 is 2.00 bits per heavy atom. The largest absolute Gasteiger partial charge is 0.393 e. The summed E-state index contributed by atoms with van der Waals surface area (Å²) in [7, 11) is 0. The molecule has 1 unspecified atom stereocenters. The number of rotatable bonds is 3. The van der Waals surface area contributed by atoms with Crippen LogP contribution in [0.4, 0.5) is 0 Å². The van der Waals surface area contributed by atoms with Gasteiger partial charge in [-0.15, -0.1) is 0 Å². The monoisotopic (exact) mass is 236 g/mol. The zero-order chi connectivity index (χ0) is 12.3. The standard InChI is InChI=1S/C12H20N4O/c1-9-14-7-10(8-15-9)12(6-13)16-4-2-11(17)3-5-16/h7-8,11-12,17H,2-6,13H2,1H3. The fourth-order valence-electron chi connectivity index (χ4n) is 2.27. The molecule has 0 aromatic carbocycles. The van der Waals surface area contributed by atoms with Gasteiger partial charge < -0.3 is 10.8 Å². The lowest BCUT2D eigenvalue weighted by Crippen LogP contribution is -2.41. The van der Waals surface area contributed by atoms with Crippen LogP contribution in [0.1, 0.15) is 30.3 Å². The number of hydrogen-bond donors (Lipinski definition) is 2. The van der Waals surface area contributed by atoms with Crippen molar-refractivity contribution in [1.82, 2.24) is 14.9 Å². The number of aryl methyl sites for hydroxylation is 1. The zero-order valence-electron chi connectivity index (χ0n) is 10.2. The topological polar surface area (TPSA) is 75.3 Å². The van der Waals surface area contributed by atoms with Gasteiger partial charge in [-0.3, -0.25) is 4.90 Å². The van der Waals surface area contributed by atoms with Crippen molar-refractivity contribution >= 4 is 0 Å². The second-order valence-electron chi connectivity index (χ2n) is 4.58. The maximum atomic E-state index is 9.51. The number of nitrogens with zero attached hydrogens (tertiary/aromatic N) is 3. The fraction of sp³-hybridized carbons (Fsp3) is 0.667. The van der Waals surface area contributed by atoms with Crippen molar-refractivity contribution in [2.75, 3.05) is 19.6 Å². The summed E-state index contributed by atoms with van der Waals surface area (Å²) in [5.74, 6) is 0.776. The summed E-state index contributed by atoms with van der Waals surface area (Å²) in [6, 6.07) is 0.170. The molecule has 2 heterocycles. The molecule has 0 amide bonds. The predicted octanol–water partition coefficient (Wildman–Crippen LogP) is 0.242. The van der Waals surface area contributed by atoms with E-state index in [9.17, 15) is 5.11 Å². The van der Waals surface area contributed by atoms with Gasteiger partial charge >= 0.3 is 0 Å². The van der Waals surface area contributed by atoms with Gasteiger partial charge in [0.15, 0.2) is 0 Å². The Morgan fingerprint density at radius 1 is 1.41 bits per heavy atom. The van der Waals surface area contributed by atoms with E-state index in [1.807, 2.05) is 19.3 Å². The molecule has 17 heavy (non-hydrogen) atoms. The molecule has 1 saturated heterocycles. The predicted molar refractivity (Wildman–Crippen MR) is 65.4 cm³/mol. The summed E-state index contributed by atoms with van der Waals surface area (Å²) in [5, 5.41) is 9.51. The van der Waals surface area contributed by atoms with Gasteiger partial charge in [0.2, 0.25) is 0 Å². The molecule has 1 aromatic rings. The highest BCUT2D eigenvalue weighted by Crippen LogP contribution is 2.22. The van der Waals surface area contributed by atoms with E-state index in [0.29, 0.717) is 6.54 Å². The number of likely N-dealkylation sites (tertiary alicyclic amines) is 1. The fourth-order valence-corrected chi connectivity index (χ4v) is 2.27. The molecule has 0 bridgehead atoms. The van der Waals surface area contributed by atoms with Crippen molar-refractivity contribution in [3.05, 3.63) is 23.8 Å². The van der Waals surface area contributed by atoms with Gasteiger partial charge in [-0.05, 0) is 19.8 Å². The molecule has 1 aliphatic heterocycles. The van der Waals surface area contributed by atoms with Gasteiger partial charge in [0.1, 0.15) is 5.82 Å². The lowest BCUT2D eigenvalue weighted by molar-refractivity contribution is 0.0620. The van der Waals surface area contributed by atoms with Crippen LogP contribution in [-0.2, 0) is 0 Å². The normalized spacial score (nSPS) is 20.4. The number of piperidine rings is 1. The molecule has 0 radical (unpaired) electrons. The molecule has 1 atom stereocenters. The minimum absolute atomic E-state index is 0.154. The van der Waals surface area contributed by atoms with E-state index in [0.717, 1.165) is 37.3 Å². The van der Waals surface area contributed by atoms with Gasteiger partial charge in [0, 0.05) is 37.6 Å². The lowest BCUT2D eigenvalue weighted by Gasteiger charge is -2.35. The Hall–Kier alpha value is -1.04. The summed E-state index contributed by atoms with van der Waals surface area (Å²) >= 11 is 0. The minimum Gasteiger partial charge on any atom is -0.393 e. The Morgan fingerprint density at radius 3 is 2.53 bits per heavy atom. The number of aliphatic hydroxyl groups excluding tert-OH is 1. The maximum absolute atomic E-state index is 9.51. The molecule has 0 aliphatic carbocycles. The quantitative estimate of drug-likeness (QED) is 0.786. The van der Waals surface area contributed by atoms with E-state index in [2.05, 4.69) is 14.9 Å². The van der Waals surface area contributed by atoms with Crippen molar-refractivity contribution in [2.24, 2.45) is 5.73 Å². The van der Waals surface area contributed by atoms with Crippen molar-refractivity contribution in [1.29, 1.82) is 0 Å². The zero-order valence-corrected chi connectivity index (χ0v) is 10.2. The molecule has 94 valence electrons. The Kier molecular flexibility index (Phi) is 4.04. The minimum atomic E-state index is -0.154. The molecule has 5 nitrogen and oxygen atoms in total. The molecule has 1 fully saturated rings. The van der Waals surface area contributed by atoms with E-state index >= 15 is 0 Å². The van der Waals surface area contributed by atoms with Crippen LogP contribution in [0, 0.1) is 6.92 Å². The van der Waals surface area contributed by atoms with Crippen LogP contribution in [0.25, 0.3) is 0 Å². The summed E-state index contributed by atoms with van der Waals surface area (Å²) in [6.45, 7) is 4.20. The average molecular weight is 236 g/mol. The summed E-state index contributed by atoms with van der Waals surface area (Å²) in [6.07, 6.45) is 5.20. The molecule has 5 heteroatoms. The molecular weight excluding hydrogens is 216 g/mol. The number of aliphatic hydroxyl groups is 1. The van der Waals surface area contributed by atoms with E-state index in [1.165, 1.54) is 0 Å². The van der Waals surface area contributed by atoms with Gasteiger partial charge in [-0.2, -0.15) is 0 Å². The Balaban J connectivity index is 2.08. The molecule has 2 rings (SSSR count). The van der Waals surface area contributed by atoms with Crippen molar-refractivity contribution < 1.29 is 5.11 Å². The van der Waals surface area contributed by atoms with E-state index in [1.54, 1.807) is 0 Å². The van der Waals surface area contributed by atoms with Gasteiger partial charge in [-0.25, -0.2) is 9.97 Å². The average Bonchev–Trinajstić information content (AvgIpc) is 2.35. The van der Waals surface area contributed by atoms with Crippen LogP contribution in [0.3, 0.4) is 0 Å². The highest BCUT2D eigenvalue weighted by Gasteiger charge is 2.24. The molecule has 1 aliphatic rings. The van der Waals surface area contributed by atoms with Crippen LogP contribution in [0.15, 0.2) is 12.4 Å². The second-order valence-corrected chi connectivity index (χ2v) is 4.58. The van der Waals surface area contributed by atoms with Crippen molar-refractivity contribution in [3.63, 3.8) is 0 Å². The van der Waals surface area contributed by atoms with Crippen LogP contribution < -0.4 is 5.73 Å². The molecular formula is C12H20N4O. The molecule has 3 N–H and O–H groups in total. The highest BCUT2D eigenvalue weighted by atomic mass is 16.3. The number of nitrogens with two attached hydrogens (primary N) is 1. The summed E-state index contributed by atoms with van der Waals surface area (Å²) in [5.41, 5.74) is 6.91. The summed E-state index contributed by atoms with van der Waals surface area (Å²) < 4.78 is 0. The van der Waals surface area contributed by atoms with E-state index < -0.39 is 0 Å². The first-order valence-electron chi connectivity index (χ1n) is 6.11. The van der Waals surface area contributed by atoms with Crippen LogP contribution in [0.5, 0.6) is 0 Å². The SMILES string of the molecule is Cc1ncc(C(CN)N2CCC(O)CC2)cn1. The van der Waals surface area contributed by atoms with Crippen LogP contribution in [0.2, 0.25) is 0 Å². The van der Waals surface area contributed by atoms with Gasteiger partial charge in [-0.1, -0.05) is 0 Å². The maximum Gasteiger partial charge on any atom is 0.125 e. The third-order valence-corrected chi connectivity index (χ3v) is 3.35. The Bertz CT molecular complexity index is 346. The lowest BCUT2D eigenvalue weighted by atomic mass is 10.0. The van der Waals surface area contributed by atoms with Gasteiger partial charge in [0.25, 0.3) is 0 Å². The molecule has 0 spiro atoms. The third-order valence-electron chi connectivity index (χ3n) is 3.35. The van der Waals surface area contributed by atoms with Gasteiger partial charge in [0.05, 0.1) is 12.1 Å². The van der Waals surface area contributed by atoms with Crippen molar-refractivity contribution in [3.8, 4) is 0 Å². The van der Waals surface area contributed by atoms with E-state index in [4.69, 9.17) is 5.73 Å². The van der Waals surface area contributed by atoms with Crippen molar-refractivity contribution in [2.45, 2.75) is 31.9 Å². The Labute approximate surface area is 102 Å². The molecule has 0 saturated carbocycles. The van der Waals surface area contributed by atoms with Crippen LogP contribution >= 0.6 is 0 Å². The first-order valence-corrected chi connectivity index (χ1v) is 6.11. The number of hydrogen-bond acceptors (Lipinski definition) is 5.